The first-order valence-corrected chi connectivity index (χ1v) is 7.28. The van der Waals surface area contributed by atoms with E-state index in [-0.39, 0.29) is 22.9 Å². The number of ketones is 1. The average Bonchev–Trinajstić information content (AvgIpc) is 2.55. The summed E-state index contributed by atoms with van der Waals surface area (Å²) < 4.78 is 5.89. The molecule has 0 unspecified atom stereocenters. The summed E-state index contributed by atoms with van der Waals surface area (Å²) in [5.74, 6) is 0.268. The number of rotatable bonds is 5. The van der Waals surface area contributed by atoms with Gasteiger partial charge in [0.1, 0.15) is 5.75 Å². The highest BCUT2D eigenvalue weighted by molar-refractivity contribution is 7.80. The minimum Gasteiger partial charge on any atom is -0.497 e. The molecule has 0 saturated carbocycles. The number of hydrogen-bond donors (Lipinski definition) is 2. The van der Waals surface area contributed by atoms with E-state index in [9.17, 15) is 14.4 Å². The summed E-state index contributed by atoms with van der Waals surface area (Å²) in [5, 5.41) is 0.172. The summed E-state index contributed by atoms with van der Waals surface area (Å²) in [5.41, 5.74) is -0.605. The Morgan fingerprint density at radius 2 is 1.96 bits per heavy atom. The summed E-state index contributed by atoms with van der Waals surface area (Å²) in [6.07, 6.45) is 3.19. The number of benzene rings is 1. The van der Waals surface area contributed by atoms with E-state index in [2.05, 4.69) is 17.6 Å². The van der Waals surface area contributed by atoms with Gasteiger partial charge in [-0.1, -0.05) is 12.2 Å². The smallest absolute Gasteiger partial charge is 0.329 e. The number of thiol groups is 1. The van der Waals surface area contributed by atoms with Gasteiger partial charge in [0.15, 0.2) is 5.78 Å². The second-order valence-corrected chi connectivity index (χ2v) is 5.18. The van der Waals surface area contributed by atoms with Crippen LogP contribution in [0, 0.1) is 0 Å². The highest BCUT2D eigenvalue weighted by Crippen LogP contribution is 2.12. The Hall–Kier alpha value is -2.54. The molecule has 2 rings (SSSR count). The first-order valence-electron chi connectivity index (χ1n) is 6.84. The quantitative estimate of drug-likeness (QED) is 0.496. The molecule has 0 radical (unpaired) electrons. The van der Waals surface area contributed by atoms with E-state index in [0.29, 0.717) is 11.3 Å². The number of hydrogen-bond acceptors (Lipinski definition) is 5. The number of Topliss-reactive ketones (excluding diaryl/α,β-unsaturated/α-hetero) is 1. The maximum absolute atomic E-state index is 12.3. The van der Waals surface area contributed by atoms with Gasteiger partial charge < -0.3 is 9.72 Å². The fourth-order valence-corrected chi connectivity index (χ4v) is 2.31. The van der Waals surface area contributed by atoms with Crippen LogP contribution in [0.3, 0.4) is 0 Å². The van der Waals surface area contributed by atoms with E-state index in [1.54, 1.807) is 37.3 Å². The number of allylic oxidation sites excluding steroid dienone is 1. The van der Waals surface area contributed by atoms with Crippen molar-refractivity contribution >= 4 is 24.5 Å². The molecule has 6 nitrogen and oxygen atoms in total. The summed E-state index contributed by atoms with van der Waals surface area (Å²) >= 11 is 4.08. The minimum atomic E-state index is -0.671. The molecule has 0 aliphatic carbocycles. The van der Waals surface area contributed by atoms with Gasteiger partial charge in [0.2, 0.25) is 0 Å². The van der Waals surface area contributed by atoms with Gasteiger partial charge in [0.05, 0.1) is 24.2 Å². The topological polar surface area (TPSA) is 81.2 Å². The van der Waals surface area contributed by atoms with Crippen LogP contribution in [0.5, 0.6) is 5.75 Å². The molecule has 1 N–H and O–H groups in total. The highest BCUT2D eigenvalue weighted by atomic mass is 32.1. The summed E-state index contributed by atoms with van der Waals surface area (Å²) in [4.78, 5) is 39.0. The third-order valence-electron chi connectivity index (χ3n) is 3.25. The van der Waals surface area contributed by atoms with E-state index >= 15 is 0 Å². The Kier molecular flexibility index (Phi) is 5.23. The maximum Gasteiger partial charge on any atom is 0.329 e. The van der Waals surface area contributed by atoms with Crippen LogP contribution < -0.4 is 16.0 Å². The van der Waals surface area contributed by atoms with Gasteiger partial charge in [-0.05, 0) is 31.2 Å². The van der Waals surface area contributed by atoms with Crippen LogP contribution in [-0.4, -0.2) is 22.4 Å². The zero-order valence-corrected chi connectivity index (χ0v) is 13.6. The molecule has 0 atom stereocenters. The summed E-state index contributed by atoms with van der Waals surface area (Å²) in [6, 6.07) is 6.45. The van der Waals surface area contributed by atoms with Crippen molar-refractivity contribution in [3.05, 3.63) is 62.3 Å². The fourth-order valence-electron chi connectivity index (χ4n) is 2.05. The number of nitrogens with zero attached hydrogens (tertiary/aromatic N) is 1. The third-order valence-corrected chi connectivity index (χ3v) is 3.60. The van der Waals surface area contributed by atoms with Crippen molar-refractivity contribution in [3.8, 4) is 5.75 Å². The molecular formula is C16H16N2O4S. The van der Waals surface area contributed by atoms with Crippen LogP contribution in [0.25, 0.3) is 6.08 Å². The van der Waals surface area contributed by atoms with Gasteiger partial charge in [-0.3, -0.25) is 14.2 Å². The second-order valence-electron chi connectivity index (χ2n) is 4.74. The van der Waals surface area contributed by atoms with Crippen molar-refractivity contribution in [1.29, 1.82) is 0 Å². The lowest BCUT2D eigenvalue weighted by Crippen LogP contribution is -2.38. The van der Waals surface area contributed by atoms with Crippen molar-refractivity contribution in [1.82, 2.24) is 9.55 Å². The van der Waals surface area contributed by atoms with E-state index in [1.165, 1.54) is 13.2 Å². The number of aromatic nitrogens is 2. The third kappa shape index (κ3) is 3.62. The lowest BCUT2D eigenvalue weighted by atomic mass is 10.1. The number of H-pyrrole nitrogens is 1. The predicted octanol–water partition coefficient (Wildman–Crippen LogP) is 1.75. The number of nitrogens with one attached hydrogen (secondary N) is 1. The molecule has 0 bridgehead atoms. The monoisotopic (exact) mass is 332 g/mol. The number of carbonyl (C=O) groups is 1. The molecule has 0 aliphatic rings. The van der Waals surface area contributed by atoms with Gasteiger partial charge >= 0.3 is 5.69 Å². The molecule has 0 saturated heterocycles. The van der Waals surface area contributed by atoms with Crippen LogP contribution in [0.2, 0.25) is 0 Å². The second kappa shape index (κ2) is 7.15. The molecule has 1 aromatic carbocycles. The van der Waals surface area contributed by atoms with Gasteiger partial charge in [-0.2, -0.15) is 0 Å². The molecule has 0 aliphatic heterocycles. The van der Waals surface area contributed by atoms with Gasteiger partial charge in [0, 0.05) is 5.56 Å². The highest BCUT2D eigenvalue weighted by Gasteiger charge is 2.14. The van der Waals surface area contributed by atoms with E-state index in [0.717, 1.165) is 4.57 Å². The zero-order chi connectivity index (χ0) is 17.0. The lowest BCUT2D eigenvalue weighted by molar-refractivity contribution is 0.0969. The zero-order valence-electron chi connectivity index (χ0n) is 12.7. The largest absolute Gasteiger partial charge is 0.497 e. The van der Waals surface area contributed by atoms with Crippen molar-refractivity contribution in [2.24, 2.45) is 0 Å². The van der Waals surface area contributed by atoms with E-state index in [4.69, 9.17) is 4.74 Å². The first-order chi connectivity index (χ1) is 11.0. The SMILES string of the molecule is C/C=C/c1c(S)[nH]c(=O)n(CC(=O)c2ccc(OC)cc2)c1=O. The van der Waals surface area contributed by atoms with Gasteiger partial charge in [-0.15, -0.1) is 12.6 Å². The van der Waals surface area contributed by atoms with Crippen molar-refractivity contribution in [2.75, 3.05) is 7.11 Å². The fraction of sp³-hybridized carbons (Fsp3) is 0.188. The molecular weight excluding hydrogens is 316 g/mol. The average molecular weight is 332 g/mol. The van der Waals surface area contributed by atoms with Crippen LogP contribution >= 0.6 is 12.6 Å². The van der Waals surface area contributed by atoms with Gasteiger partial charge in [0.25, 0.3) is 5.56 Å². The van der Waals surface area contributed by atoms with Crippen molar-refractivity contribution in [2.45, 2.75) is 18.5 Å². The molecule has 23 heavy (non-hydrogen) atoms. The standard InChI is InChI=1S/C16H16N2O4S/c1-3-4-12-14(23)17-16(21)18(15(12)20)9-13(19)10-5-7-11(22-2)8-6-10/h3-8,23H,9H2,1-2H3,(H,17,21)/b4-3+. The number of carbonyl (C=O) groups excluding carboxylic acids is 1. The Labute approximate surface area is 137 Å². The Morgan fingerprint density at radius 3 is 2.52 bits per heavy atom. The van der Waals surface area contributed by atoms with Crippen LogP contribution in [-0.2, 0) is 6.54 Å². The Balaban J connectivity index is 2.39. The minimum absolute atomic E-state index is 0.172. The molecule has 0 fully saturated rings. The summed E-state index contributed by atoms with van der Waals surface area (Å²) in [7, 11) is 1.53. The molecule has 1 aromatic heterocycles. The molecule has 2 aromatic rings. The van der Waals surface area contributed by atoms with E-state index < -0.39 is 11.2 Å². The van der Waals surface area contributed by atoms with Crippen LogP contribution in [0.1, 0.15) is 22.8 Å². The molecule has 1 heterocycles. The van der Waals surface area contributed by atoms with Crippen molar-refractivity contribution in [3.63, 3.8) is 0 Å². The maximum atomic E-state index is 12.3. The van der Waals surface area contributed by atoms with Crippen LogP contribution in [0.4, 0.5) is 0 Å². The van der Waals surface area contributed by atoms with E-state index in [1.807, 2.05) is 0 Å². The van der Waals surface area contributed by atoms with Crippen molar-refractivity contribution < 1.29 is 9.53 Å². The molecule has 7 heteroatoms. The summed E-state index contributed by atoms with van der Waals surface area (Å²) in [6.45, 7) is 1.39. The van der Waals surface area contributed by atoms with Crippen LogP contribution in [0.15, 0.2) is 45.0 Å². The normalized spacial score (nSPS) is 10.9. The Morgan fingerprint density at radius 1 is 1.30 bits per heavy atom. The number of ether oxygens (including phenoxy) is 1. The predicted molar refractivity (Wildman–Crippen MR) is 90.6 cm³/mol. The molecule has 120 valence electrons. The van der Waals surface area contributed by atoms with Gasteiger partial charge in [-0.25, -0.2) is 4.79 Å². The number of aromatic amines is 1. The lowest BCUT2D eigenvalue weighted by Gasteiger charge is -2.07. The number of methoxy groups -OCH3 is 1. The first kappa shape index (κ1) is 16.8. The molecule has 0 spiro atoms. The Bertz CT molecular complexity index is 863. The molecule has 0 amide bonds.